The minimum absolute atomic E-state index is 0.0866. The van der Waals surface area contributed by atoms with Crippen LogP contribution in [0, 0.1) is 3.57 Å². The summed E-state index contributed by atoms with van der Waals surface area (Å²) in [7, 11) is 3.29. The van der Waals surface area contributed by atoms with E-state index < -0.39 is 0 Å². The number of amides is 1. The Morgan fingerprint density at radius 1 is 1.20 bits per heavy atom. The first kappa shape index (κ1) is 15.0. The minimum atomic E-state index is -0.0866. The van der Waals surface area contributed by atoms with Crippen LogP contribution in [0.4, 0.5) is 0 Å². The number of nitrogens with one attached hydrogen (secondary N) is 1. The Kier molecular flexibility index (Phi) is 5.14. The molecule has 0 atom stereocenters. The molecule has 0 aromatic heterocycles. The summed E-state index contributed by atoms with van der Waals surface area (Å²) in [5.74, 6) is -0.0866. The van der Waals surface area contributed by atoms with E-state index in [1.165, 1.54) is 3.57 Å². The summed E-state index contributed by atoms with van der Waals surface area (Å²) in [5, 5.41) is 2.64. The molecule has 104 valence electrons. The molecule has 1 N–H and O–H groups in total. The molecule has 0 saturated carbocycles. The third-order valence-electron chi connectivity index (χ3n) is 3.05. The lowest BCUT2D eigenvalue weighted by molar-refractivity contribution is 0.0963. The largest absolute Gasteiger partial charge is 0.380 e. The molecule has 4 heteroatoms. The van der Waals surface area contributed by atoms with Crippen molar-refractivity contribution in [2.24, 2.45) is 0 Å². The molecule has 20 heavy (non-hydrogen) atoms. The van der Waals surface area contributed by atoms with E-state index in [2.05, 4.69) is 52.2 Å². The lowest BCUT2D eigenvalue weighted by Gasteiger charge is -2.11. The molecule has 0 aliphatic heterocycles. The number of methoxy groups -OCH3 is 1. The Labute approximate surface area is 132 Å². The first-order valence-corrected chi connectivity index (χ1v) is 7.33. The van der Waals surface area contributed by atoms with E-state index in [0.717, 1.165) is 16.7 Å². The predicted molar refractivity (Wildman–Crippen MR) is 88.7 cm³/mol. The zero-order valence-electron chi connectivity index (χ0n) is 11.4. The van der Waals surface area contributed by atoms with Crippen molar-refractivity contribution in [2.45, 2.75) is 6.61 Å². The average molecular weight is 381 g/mol. The standard InChI is InChI=1S/C16H16INO2/c1-18-16(19)12-5-8-15(13(9-12)10-20-2)11-3-6-14(17)7-4-11/h3-9H,10H2,1-2H3,(H,18,19). The summed E-state index contributed by atoms with van der Waals surface area (Å²) in [4.78, 5) is 11.7. The van der Waals surface area contributed by atoms with Gasteiger partial charge in [-0.15, -0.1) is 0 Å². The van der Waals surface area contributed by atoms with E-state index in [1.807, 2.05) is 18.2 Å². The van der Waals surface area contributed by atoms with Crippen molar-refractivity contribution in [1.82, 2.24) is 5.32 Å². The second kappa shape index (κ2) is 6.85. The lowest BCUT2D eigenvalue weighted by Crippen LogP contribution is -2.18. The number of rotatable bonds is 4. The summed E-state index contributed by atoms with van der Waals surface area (Å²) in [5.41, 5.74) is 3.88. The fraction of sp³-hybridized carbons (Fsp3) is 0.188. The topological polar surface area (TPSA) is 38.3 Å². The Morgan fingerprint density at radius 2 is 1.90 bits per heavy atom. The molecule has 0 spiro atoms. The Balaban J connectivity index is 2.46. The van der Waals surface area contributed by atoms with Crippen molar-refractivity contribution < 1.29 is 9.53 Å². The van der Waals surface area contributed by atoms with E-state index in [4.69, 9.17) is 4.74 Å². The Hall–Kier alpha value is -1.40. The van der Waals surface area contributed by atoms with Gasteiger partial charge in [-0.2, -0.15) is 0 Å². The maximum Gasteiger partial charge on any atom is 0.251 e. The molecule has 2 aromatic rings. The molecule has 0 aliphatic rings. The van der Waals surface area contributed by atoms with Crippen molar-refractivity contribution in [3.05, 3.63) is 57.2 Å². The van der Waals surface area contributed by atoms with Crippen molar-refractivity contribution in [1.29, 1.82) is 0 Å². The van der Waals surface area contributed by atoms with Gasteiger partial charge in [0.25, 0.3) is 5.91 Å². The minimum Gasteiger partial charge on any atom is -0.380 e. The molecule has 0 aliphatic carbocycles. The van der Waals surface area contributed by atoms with Crippen LogP contribution >= 0.6 is 22.6 Å². The van der Waals surface area contributed by atoms with E-state index in [9.17, 15) is 4.79 Å². The van der Waals surface area contributed by atoms with Gasteiger partial charge in [-0.3, -0.25) is 4.79 Å². The molecule has 2 aromatic carbocycles. The molecule has 0 bridgehead atoms. The fourth-order valence-corrected chi connectivity index (χ4v) is 2.42. The van der Waals surface area contributed by atoms with Crippen LogP contribution in [-0.2, 0) is 11.3 Å². The Bertz CT molecular complexity index is 608. The molecular weight excluding hydrogens is 365 g/mol. The van der Waals surface area contributed by atoms with E-state index >= 15 is 0 Å². The highest BCUT2D eigenvalue weighted by Gasteiger charge is 2.10. The van der Waals surface area contributed by atoms with E-state index in [-0.39, 0.29) is 5.91 Å². The van der Waals surface area contributed by atoms with Gasteiger partial charge in [-0.05, 0) is 63.5 Å². The van der Waals surface area contributed by atoms with Gasteiger partial charge in [0, 0.05) is 23.3 Å². The smallest absolute Gasteiger partial charge is 0.251 e. The average Bonchev–Trinajstić information content (AvgIpc) is 2.48. The van der Waals surface area contributed by atoms with Crippen LogP contribution < -0.4 is 5.32 Å². The summed E-state index contributed by atoms with van der Waals surface area (Å²) in [6.45, 7) is 0.478. The number of hydrogen-bond donors (Lipinski definition) is 1. The van der Waals surface area contributed by atoms with Crippen molar-refractivity contribution in [3.8, 4) is 11.1 Å². The normalized spacial score (nSPS) is 10.3. The van der Waals surface area contributed by atoms with Gasteiger partial charge in [0.05, 0.1) is 6.61 Å². The third kappa shape index (κ3) is 3.37. The number of carbonyl (C=O) groups excluding carboxylic acids is 1. The molecule has 0 unspecified atom stereocenters. The van der Waals surface area contributed by atoms with Gasteiger partial charge >= 0.3 is 0 Å². The van der Waals surface area contributed by atoms with Crippen molar-refractivity contribution in [2.75, 3.05) is 14.2 Å². The quantitative estimate of drug-likeness (QED) is 0.824. The fourth-order valence-electron chi connectivity index (χ4n) is 2.07. The van der Waals surface area contributed by atoms with Gasteiger partial charge in [-0.1, -0.05) is 18.2 Å². The molecule has 0 fully saturated rings. The van der Waals surface area contributed by atoms with Gasteiger partial charge in [-0.25, -0.2) is 0 Å². The monoisotopic (exact) mass is 381 g/mol. The predicted octanol–water partition coefficient (Wildman–Crippen LogP) is 3.46. The summed E-state index contributed by atoms with van der Waals surface area (Å²) in [6.07, 6.45) is 0. The van der Waals surface area contributed by atoms with Gasteiger partial charge in [0.15, 0.2) is 0 Å². The van der Waals surface area contributed by atoms with E-state index in [1.54, 1.807) is 14.2 Å². The summed E-state index contributed by atoms with van der Waals surface area (Å²) in [6, 6.07) is 14.0. The van der Waals surface area contributed by atoms with Crippen LogP contribution in [0.5, 0.6) is 0 Å². The second-order valence-corrected chi connectivity index (χ2v) is 5.64. The first-order valence-electron chi connectivity index (χ1n) is 6.25. The summed E-state index contributed by atoms with van der Waals surface area (Å²) >= 11 is 2.28. The van der Waals surface area contributed by atoms with Crippen LogP contribution in [0.3, 0.4) is 0 Å². The zero-order chi connectivity index (χ0) is 14.5. The highest BCUT2D eigenvalue weighted by atomic mass is 127. The molecular formula is C16H16INO2. The van der Waals surface area contributed by atoms with Crippen LogP contribution in [0.2, 0.25) is 0 Å². The highest BCUT2D eigenvalue weighted by molar-refractivity contribution is 14.1. The molecule has 0 radical (unpaired) electrons. The molecule has 1 amide bonds. The SMILES string of the molecule is CNC(=O)c1ccc(-c2ccc(I)cc2)c(COC)c1. The van der Waals surface area contributed by atoms with Crippen LogP contribution in [0.1, 0.15) is 15.9 Å². The van der Waals surface area contributed by atoms with Crippen molar-refractivity contribution >= 4 is 28.5 Å². The van der Waals surface area contributed by atoms with E-state index in [0.29, 0.717) is 12.2 Å². The number of carbonyl (C=O) groups is 1. The number of hydrogen-bond acceptors (Lipinski definition) is 2. The Morgan fingerprint density at radius 3 is 2.50 bits per heavy atom. The van der Waals surface area contributed by atoms with Crippen molar-refractivity contribution in [3.63, 3.8) is 0 Å². The molecule has 3 nitrogen and oxygen atoms in total. The molecule has 2 rings (SSSR count). The van der Waals surface area contributed by atoms with Crippen LogP contribution in [0.25, 0.3) is 11.1 Å². The second-order valence-electron chi connectivity index (χ2n) is 4.39. The van der Waals surface area contributed by atoms with Crippen LogP contribution in [0.15, 0.2) is 42.5 Å². The number of halogens is 1. The maximum absolute atomic E-state index is 11.7. The van der Waals surface area contributed by atoms with Gasteiger partial charge in [0.2, 0.25) is 0 Å². The van der Waals surface area contributed by atoms with Crippen LogP contribution in [-0.4, -0.2) is 20.1 Å². The maximum atomic E-state index is 11.7. The van der Waals surface area contributed by atoms with Gasteiger partial charge in [0.1, 0.15) is 0 Å². The first-order chi connectivity index (χ1) is 9.65. The third-order valence-corrected chi connectivity index (χ3v) is 3.77. The summed E-state index contributed by atoms with van der Waals surface area (Å²) < 4.78 is 6.44. The molecule has 0 saturated heterocycles. The van der Waals surface area contributed by atoms with Gasteiger partial charge < -0.3 is 10.1 Å². The number of benzene rings is 2. The zero-order valence-corrected chi connectivity index (χ0v) is 13.6. The lowest BCUT2D eigenvalue weighted by atomic mass is 9.97. The number of ether oxygens (including phenoxy) is 1. The highest BCUT2D eigenvalue weighted by Crippen LogP contribution is 2.26. The molecule has 0 heterocycles.